The topological polar surface area (TPSA) is 50.7 Å². The van der Waals surface area contributed by atoms with Gasteiger partial charge < -0.3 is 19.9 Å². The summed E-state index contributed by atoms with van der Waals surface area (Å²) in [6.07, 6.45) is 0.944. The van der Waals surface area contributed by atoms with Gasteiger partial charge in [0.15, 0.2) is 11.5 Å². The van der Waals surface area contributed by atoms with Crippen molar-refractivity contribution >= 4 is 0 Å². The van der Waals surface area contributed by atoms with Gasteiger partial charge in [0.05, 0.1) is 20.8 Å². The number of ether oxygens (including phenoxy) is 2. The minimum atomic E-state index is 0.00773. The van der Waals surface area contributed by atoms with E-state index in [4.69, 9.17) is 9.47 Å². The van der Waals surface area contributed by atoms with Gasteiger partial charge in [0.1, 0.15) is 0 Å². The van der Waals surface area contributed by atoms with Crippen molar-refractivity contribution in [2.75, 3.05) is 27.4 Å². The van der Waals surface area contributed by atoms with E-state index in [-0.39, 0.29) is 18.6 Å². The molecule has 0 saturated heterocycles. The number of fused-ring (bicyclic) bond motifs is 1. The molecule has 122 valence electrons. The standard InChI is InChI=1S/C19H23NO3/c1-22-17-10-14-8-9-20-19(15(14)11-18(17)23-2)16(12-21)13-6-4-3-5-7-13/h3-7,10-11,16,19-21H,8-9,12H2,1-2H3. The molecule has 23 heavy (non-hydrogen) atoms. The summed E-state index contributed by atoms with van der Waals surface area (Å²) < 4.78 is 10.9. The highest BCUT2D eigenvalue weighted by molar-refractivity contribution is 5.50. The number of aliphatic hydroxyl groups is 1. The lowest BCUT2D eigenvalue weighted by Crippen LogP contribution is -2.35. The van der Waals surface area contributed by atoms with E-state index >= 15 is 0 Å². The zero-order valence-corrected chi connectivity index (χ0v) is 13.6. The number of aliphatic hydroxyl groups excluding tert-OH is 1. The third kappa shape index (κ3) is 3.05. The first-order valence-electron chi connectivity index (χ1n) is 7.92. The summed E-state index contributed by atoms with van der Waals surface area (Å²) in [6.45, 7) is 0.978. The molecule has 2 N–H and O–H groups in total. The van der Waals surface area contributed by atoms with Gasteiger partial charge in [0, 0.05) is 12.0 Å². The summed E-state index contributed by atoms with van der Waals surface area (Å²) in [5.74, 6) is 1.49. The fourth-order valence-electron chi connectivity index (χ4n) is 3.38. The second-order valence-electron chi connectivity index (χ2n) is 5.79. The van der Waals surface area contributed by atoms with Crippen LogP contribution in [-0.4, -0.2) is 32.5 Å². The number of methoxy groups -OCH3 is 2. The van der Waals surface area contributed by atoms with E-state index in [1.807, 2.05) is 24.3 Å². The molecular weight excluding hydrogens is 290 g/mol. The minimum absolute atomic E-state index is 0.00773. The van der Waals surface area contributed by atoms with Crippen molar-refractivity contribution in [1.82, 2.24) is 5.32 Å². The zero-order valence-electron chi connectivity index (χ0n) is 13.6. The largest absolute Gasteiger partial charge is 0.493 e. The molecule has 4 nitrogen and oxygen atoms in total. The van der Waals surface area contributed by atoms with Gasteiger partial charge in [-0.15, -0.1) is 0 Å². The van der Waals surface area contributed by atoms with Crippen molar-refractivity contribution < 1.29 is 14.6 Å². The third-order valence-corrected chi connectivity index (χ3v) is 4.57. The highest BCUT2D eigenvalue weighted by atomic mass is 16.5. The quantitative estimate of drug-likeness (QED) is 0.891. The number of hydrogen-bond acceptors (Lipinski definition) is 4. The van der Waals surface area contributed by atoms with Gasteiger partial charge in [-0.05, 0) is 41.8 Å². The molecule has 0 spiro atoms. The molecule has 2 aromatic rings. The first-order valence-corrected chi connectivity index (χ1v) is 7.92. The maximum absolute atomic E-state index is 9.99. The maximum atomic E-state index is 9.99. The predicted molar refractivity (Wildman–Crippen MR) is 90.3 cm³/mol. The van der Waals surface area contributed by atoms with Crippen molar-refractivity contribution in [2.45, 2.75) is 18.4 Å². The van der Waals surface area contributed by atoms with E-state index in [1.165, 1.54) is 11.1 Å². The van der Waals surface area contributed by atoms with Gasteiger partial charge in [-0.1, -0.05) is 30.3 Å². The highest BCUT2D eigenvalue weighted by Crippen LogP contribution is 2.40. The molecule has 4 heteroatoms. The molecule has 0 amide bonds. The summed E-state index contributed by atoms with van der Waals surface area (Å²) in [5, 5.41) is 13.5. The Morgan fingerprint density at radius 1 is 1.13 bits per heavy atom. The normalized spacial score (nSPS) is 18.1. The van der Waals surface area contributed by atoms with Crippen LogP contribution in [0.4, 0.5) is 0 Å². The lowest BCUT2D eigenvalue weighted by Gasteiger charge is -2.33. The Hall–Kier alpha value is -2.04. The Balaban J connectivity index is 2.03. The lowest BCUT2D eigenvalue weighted by molar-refractivity contribution is 0.232. The van der Waals surface area contributed by atoms with Crippen molar-refractivity contribution in [2.24, 2.45) is 0 Å². The molecule has 1 aliphatic rings. The van der Waals surface area contributed by atoms with Crippen molar-refractivity contribution in [1.29, 1.82) is 0 Å². The van der Waals surface area contributed by atoms with Crippen LogP contribution < -0.4 is 14.8 Å². The second-order valence-corrected chi connectivity index (χ2v) is 5.79. The molecule has 2 unspecified atom stereocenters. The van der Waals surface area contributed by atoms with Gasteiger partial charge in [-0.3, -0.25) is 0 Å². The molecule has 0 radical (unpaired) electrons. The molecule has 0 fully saturated rings. The summed E-state index contributed by atoms with van der Waals surface area (Å²) in [4.78, 5) is 0. The maximum Gasteiger partial charge on any atom is 0.161 e. The van der Waals surface area contributed by atoms with Gasteiger partial charge in [-0.2, -0.15) is 0 Å². The number of nitrogens with one attached hydrogen (secondary N) is 1. The first kappa shape index (κ1) is 15.8. The van der Waals surface area contributed by atoms with Gasteiger partial charge >= 0.3 is 0 Å². The van der Waals surface area contributed by atoms with E-state index in [0.29, 0.717) is 0 Å². The summed E-state index contributed by atoms with van der Waals surface area (Å²) in [5.41, 5.74) is 3.56. The second kappa shape index (κ2) is 7.02. The van der Waals surface area contributed by atoms with Crippen LogP contribution in [-0.2, 0) is 6.42 Å². The van der Waals surface area contributed by atoms with Gasteiger partial charge in [-0.25, -0.2) is 0 Å². The molecule has 1 heterocycles. The molecule has 2 atom stereocenters. The average molecular weight is 313 g/mol. The minimum Gasteiger partial charge on any atom is -0.493 e. The van der Waals surface area contributed by atoms with Crippen LogP contribution in [0.1, 0.15) is 28.7 Å². The van der Waals surface area contributed by atoms with Crippen LogP contribution in [0.25, 0.3) is 0 Å². The lowest BCUT2D eigenvalue weighted by atomic mass is 9.82. The number of hydrogen-bond donors (Lipinski definition) is 2. The van der Waals surface area contributed by atoms with Gasteiger partial charge in [0.25, 0.3) is 0 Å². The van der Waals surface area contributed by atoms with E-state index in [9.17, 15) is 5.11 Å². The molecule has 0 aliphatic carbocycles. The van der Waals surface area contributed by atoms with Crippen LogP contribution in [0.15, 0.2) is 42.5 Å². The smallest absolute Gasteiger partial charge is 0.161 e. The fourth-order valence-corrected chi connectivity index (χ4v) is 3.38. The number of rotatable bonds is 5. The Bertz CT molecular complexity index is 657. The van der Waals surface area contributed by atoms with Crippen molar-refractivity contribution in [3.63, 3.8) is 0 Å². The van der Waals surface area contributed by atoms with E-state index < -0.39 is 0 Å². The molecule has 1 aliphatic heterocycles. The predicted octanol–water partition coefficient (Wildman–Crippen LogP) is 2.67. The SMILES string of the molecule is COc1cc2c(cc1OC)C(C(CO)c1ccccc1)NCC2. The monoisotopic (exact) mass is 313 g/mol. The molecule has 0 aromatic heterocycles. The van der Waals surface area contributed by atoms with E-state index in [1.54, 1.807) is 14.2 Å². The Kier molecular flexibility index (Phi) is 4.84. The van der Waals surface area contributed by atoms with Gasteiger partial charge in [0.2, 0.25) is 0 Å². The average Bonchev–Trinajstić information content (AvgIpc) is 2.62. The third-order valence-electron chi connectivity index (χ3n) is 4.57. The molecule has 0 bridgehead atoms. The van der Waals surface area contributed by atoms with Crippen LogP contribution >= 0.6 is 0 Å². The Labute approximate surface area is 137 Å². The summed E-state index contributed by atoms with van der Waals surface area (Å²) in [7, 11) is 3.31. The molecular formula is C19H23NO3. The van der Waals surface area contributed by atoms with E-state index in [2.05, 4.69) is 23.5 Å². The van der Waals surface area contributed by atoms with E-state index in [0.717, 1.165) is 30.0 Å². The fraction of sp³-hybridized carbons (Fsp3) is 0.368. The molecule has 3 rings (SSSR count). The summed E-state index contributed by atoms with van der Waals surface area (Å²) in [6, 6.07) is 14.3. The first-order chi connectivity index (χ1) is 11.3. The van der Waals surface area contributed by atoms with Crippen molar-refractivity contribution in [3.05, 3.63) is 59.2 Å². The van der Waals surface area contributed by atoms with Crippen LogP contribution in [0.3, 0.4) is 0 Å². The number of benzene rings is 2. The molecule has 0 saturated carbocycles. The van der Waals surface area contributed by atoms with Crippen LogP contribution in [0.5, 0.6) is 11.5 Å². The van der Waals surface area contributed by atoms with Crippen LogP contribution in [0, 0.1) is 0 Å². The summed E-state index contributed by atoms with van der Waals surface area (Å²) >= 11 is 0. The zero-order chi connectivity index (χ0) is 16.2. The van der Waals surface area contributed by atoms with Crippen LogP contribution in [0.2, 0.25) is 0 Å². The Morgan fingerprint density at radius 3 is 2.48 bits per heavy atom. The molecule has 2 aromatic carbocycles. The Morgan fingerprint density at radius 2 is 1.83 bits per heavy atom. The van der Waals surface area contributed by atoms with Crippen molar-refractivity contribution in [3.8, 4) is 11.5 Å². The highest BCUT2D eigenvalue weighted by Gasteiger charge is 2.29.